The van der Waals surface area contributed by atoms with E-state index in [0.717, 1.165) is 5.56 Å². The fourth-order valence-electron chi connectivity index (χ4n) is 1.08. The molecule has 5 heteroatoms. The van der Waals surface area contributed by atoms with Crippen LogP contribution in [-0.4, -0.2) is 18.9 Å². The van der Waals surface area contributed by atoms with Crippen molar-refractivity contribution < 1.29 is 4.79 Å². The molecule has 0 fully saturated rings. The van der Waals surface area contributed by atoms with Gasteiger partial charge in [-0.25, -0.2) is 4.79 Å². The minimum atomic E-state index is -0.396. The number of hydrogen-bond acceptors (Lipinski definition) is 2. The second kappa shape index (κ2) is 5.36. The van der Waals surface area contributed by atoms with Gasteiger partial charge < -0.3 is 5.32 Å². The van der Waals surface area contributed by atoms with Crippen molar-refractivity contribution in [3.8, 4) is 0 Å². The van der Waals surface area contributed by atoms with Crippen LogP contribution in [-0.2, 0) is 6.42 Å². The molecule has 0 aliphatic rings. The number of carbonyl (C=O) groups is 1. The van der Waals surface area contributed by atoms with Crippen LogP contribution in [0.1, 0.15) is 5.56 Å². The predicted octanol–water partition coefficient (Wildman–Crippen LogP) is 1.79. The normalized spacial score (nSPS) is 9.47. The zero-order valence-corrected chi connectivity index (χ0v) is 9.06. The zero-order chi connectivity index (χ0) is 11.3. The molecule has 4 nitrogen and oxygen atoms in total. The van der Waals surface area contributed by atoms with E-state index in [1.54, 1.807) is 6.07 Å². The lowest BCUT2D eigenvalue weighted by Gasteiger charge is -2.07. The highest BCUT2D eigenvalue weighted by molar-refractivity contribution is 6.31. The number of hydrogen-bond donors (Lipinski definition) is 3. The summed E-state index contributed by atoms with van der Waals surface area (Å²) in [5, 5.41) is 12.9. The van der Waals surface area contributed by atoms with E-state index >= 15 is 0 Å². The van der Waals surface area contributed by atoms with E-state index in [4.69, 9.17) is 17.0 Å². The first-order chi connectivity index (χ1) is 7.13. The zero-order valence-electron chi connectivity index (χ0n) is 8.30. The maximum absolute atomic E-state index is 10.9. The lowest BCUT2D eigenvalue weighted by molar-refractivity contribution is 0.247. The molecular weight excluding hydrogens is 214 g/mol. The van der Waals surface area contributed by atoms with Gasteiger partial charge in [0.05, 0.1) is 0 Å². The van der Waals surface area contributed by atoms with Crippen molar-refractivity contribution in [2.24, 2.45) is 0 Å². The quantitative estimate of drug-likeness (QED) is 0.522. The van der Waals surface area contributed by atoms with E-state index in [1.807, 2.05) is 18.2 Å². The fraction of sp³-hybridized carbons (Fsp3) is 0.200. The summed E-state index contributed by atoms with van der Waals surface area (Å²) in [4.78, 5) is 10.9. The van der Waals surface area contributed by atoms with Gasteiger partial charge in [-0.2, -0.15) is 0 Å². The van der Waals surface area contributed by atoms with Gasteiger partial charge >= 0.3 is 6.03 Å². The Labute approximate surface area is 93.1 Å². The Hall–Kier alpha value is -1.55. The molecular formula is C10H12ClN3O. The highest BCUT2D eigenvalue weighted by Gasteiger charge is 2.05. The third kappa shape index (κ3) is 3.59. The number of rotatable bonds is 2. The summed E-state index contributed by atoms with van der Waals surface area (Å²) < 4.78 is 0. The molecule has 1 rings (SSSR count). The van der Waals surface area contributed by atoms with Crippen molar-refractivity contribution in [2.75, 3.05) is 7.05 Å². The van der Waals surface area contributed by atoms with Gasteiger partial charge in [-0.3, -0.25) is 10.7 Å². The van der Waals surface area contributed by atoms with Crippen molar-refractivity contribution in [2.45, 2.75) is 6.42 Å². The molecule has 0 radical (unpaired) electrons. The standard InChI is InChI=1S/C10H12ClN3O/c1-13-10(15)14-9(12)6-7-4-2-3-5-8(7)11/h2-5H,6H2,1H3,(H3,12,13,14,15). The Morgan fingerprint density at radius 3 is 2.73 bits per heavy atom. The van der Waals surface area contributed by atoms with Crippen LogP contribution in [0.25, 0.3) is 0 Å². The number of carbonyl (C=O) groups excluding carboxylic acids is 1. The maximum atomic E-state index is 10.9. The van der Waals surface area contributed by atoms with E-state index in [0.29, 0.717) is 11.4 Å². The lowest BCUT2D eigenvalue weighted by atomic mass is 10.1. The number of amides is 2. The third-order valence-electron chi connectivity index (χ3n) is 1.82. The first kappa shape index (κ1) is 11.5. The van der Waals surface area contributed by atoms with Gasteiger partial charge in [-0.15, -0.1) is 0 Å². The largest absolute Gasteiger partial charge is 0.341 e. The molecule has 80 valence electrons. The fourth-order valence-corrected chi connectivity index (χ4v) is 1.28. The SMILES string of the molecule is CNC(=O)NC(=N)Cc1ccccc1Cl. The average Bonchev–Trinajstić information content (AvgIpc) is 2.21. The van der Waals surface area contributed by atoms with E-state index in [-0.39, 0.29) is 5.84 Å². The Balaban J connectivity index is 2.59. The molecule has 0 saturated heterocycles. The van der Waals surface area contributed by atoms with E-state index in [1.165, 1.54) is 7.05 Å². The number of halogens is 1. The Morgan fingerprint density at radius 1 is 1.47 bits per heavy atom. The number of nitrogens with one attached hydrogen (secondary N) is 3. The van der Waals surface area contributed by atoms with Gasteiger partial charge in [0.1, 0.15) is 5.84 Å². The summed E-state index contributed by atoms with van der Waals surface area (Å²) in [5.41, 5.74) is 0.820. The molecule has 0 spiro atoms. The summed E-state index contributed by atoms with van der Waals surface area (Å²) in [7, 11) is 1.50. The van der Waals surface area contributed by atoms with Crippen molar-refractivity contribution in [1.82, 2.24) is 10.6 Å². The van der Waals surface area contributed by atoms with Crippen LogP contribution < -0.4 is 10.6 Å². The van der Waals surface area contributed by atoms with Crippen LogP contribution in [0.2, 0.25) is 5.02 Å². The molecule has 0 atom stereocenters. The molecule has 0 heterocycles. The highest BCUT2D eigenvalue weighted by Crippen LogP contribution is 2.15. The van der Waals surface area contributed by atoms with Gasteiger partial charge in [0.25, 0.3) is 0 Å². The Morgan fingerprint density at radius 2 is 2.13 bits per heavy atom. The monoisotopic (exact) mass is 225 g/mol. The lowest BCUT2D eigenvalue weighted by Crippen LogP contribution is -2.37. The molecule has 0 unspecified atom stereocenters. The van der Waals surface area contributed by atoms with Crippen LogP contribution >= 0.6 is 11.6 Å². The van der Waals surface area contributed by atoms with Gasteiger partial charge in [0, 0.05) is 18.5 Å². The van der Waals surface area contributed by atoms with Crippen LogP contribution in [0.4, 0.5) is 4.79 Å². The van der Waals surface area contributed by atoms with E-state index in [2.05, 4.69) is 10.6 Å². The summed E-state index contributed by atoms with van der Waals surface area (Å²) in [6.45, 7) is 0. The van der Waals surface area contributed by atoms with Crippen molar-refractivity contribution in [3.05, 3.63) is 34.9 Å². The summed E-state index contributed by atoms with van der Waals surface area (Å²) in [6, 6.07) is 6.84. The third-order valence-corrected chi connectivity index (χ3v) is 2.19. The predicted molar refractivity (Wildman–Crippen MR) is 60.5 cm³/mol. The molecule has 0 aliphatic heterocycles. The smallest absolute Gasteiger partial charge is 0.319 e. The van der Waals surface area contributed by atoms with Crippen LogP contribution in [0.3, 0.4) is 0 Å². The molecule has 3 N–H and O–H groups in total. The Kier molecular flexibility index (Phi) is 4.12. The maximum Gasteiger partial charge on any atom is 0.319 e. The van der Waals surface area contributed by atoms with Gasteiger partial charge in [0.2, 0.25) is 0 Å². The van der Waals surface area contributed by atoms with Crippen LogP contribution in [0.15, 0.2) is 24.3 Å². The second-order valence-electron chi connectivity index (χ2n) is 2.95. The van der Waals surface area contributed by atoms with Crippen LogP contribution in [0.5, 0.6) is 0 Å². The first-order valence-corrected chi connectivity index (χ1v) is 4.81. The summed E-state index contributed by atoms with van der Waals surface area (Å²) in [5.74, 6) is 0.113. The van der Waals surface area contributed by atoms with Crippen molar-refractivity contribution in [1.29, 1.82) is 5.41 Å². The van der Waals surface area contributed by atoms with Gasteiger partial charge in [-0.1, -0.05) is 29.8 Å². The minimum absolute atomic E-state index is 0.113. The second-order valence-corrected chi connectivity index (χ2v) is 3.36. The molecule has 0 aliphatic carbocycles. The first-order valence-electron chi connectivity index (χ1n) is 4.43. The summed E-state index contributed by atoms with van der Waals surface area (Å²) in [6.07, 6.45) is 0.313. The number of amidine groups is 1. The average molecular weight is 226 g/mol. The molecule has 0 saturated carbocycles. The molecule has 2 amide bonds. The van der Waals surface area contributed by atoms with Gasteiger partial charge in [-0.05, 0) is 11.6 Å². The molecule has 1 aromatic carbocycles. The van der Waals surface area contributed by atoms with Gasteiger partial charge in [0.15, 0.2) is 0 Å². The number of urea groups is 1. The van der Waals surface area contributed by atoms with Crippen LogP contribution in [0, 0.1) is 5.41 Å². The topological polar surface area (TPSA) is 65.0 Å². The van der Waals surface area contributed by atoms with Crippen molar-refractivity contribution in [3.63, 3.8) is 0 Å². The molecule has 15 heavy (non-hydrogen) atoms. The summed E-state index contributed by atoms with van der Waals surface area (Å²) >= 11 is 5.91. The van der Waals surface area contributed by atoms with Crippen molar-refractivity contribution >= 4 is 23.5 Å². The molecule has 1 aromatic rings. The minimum Gasteiger partial charge on any atom is -0.341 e. The number of benzene rings is 1. The Bertz CT molecular complexity index is 379. The van der Waals surface area contributed by atoms with E-state index < -0.39 is 6.03 Å². The molecule has 0 bridgehead atoms. The van der Waals surface area contributed by atoms with E-state index in [9.17, 15) is 4.79 Å². The highest BCUT2D eigenvalue weighted by atomic mass is 35.5. The molecule has 0 aromatic heterocycles.